The van der Waals surface area contributed by atoms with Crippen LogP contribution in [0.3, 0.4) is 0 Å². The van der Waals surface area contributed by atoms with Crippen LogP contribution < -0.4 is 10.2 Å². The van der Waals surface area contributed by atoms with E-state index in [2.05, 4.69) is 10.5 Å². The molecule has 1 N–H and O–H groups in total. The van der Waals surface area contributed by atoms with E-state index in [0.29, 0.717) is 10.8 Å². The van der Waals surface area contributed by atoms with Crippen LogP contribution in [0, 0.1) is 0 Å². The molecular formula is C13H11ClN2O2S. The Labute approximate surface area is 119 Å². The van der Waals surface area contributed by atoms with Gasteiger partial charge < -0.3 is 4.74 Å². The Morgan fingerprint density at radius 1 is 1.42 bits per heavy atom. The molecule has 19 heavy (non-hydrogen) atoms. The standard InChI is InChI=1S/C13H11ClN2O2S/c14-11-3-1-2-4-12(11)18-8-13(17)16-15-7-10-5-6-19-9-10/h1-7,9H,8H2,(H,16,17)/b15-7+. The highest BCUT2D eigenvalue weighted by Gasteiger charge is 2.03. The second kappa shape index (κ2) is 6.92. The molecule has 6 heteroatoms. The molecule has 1 aromatic carbocycles. The lowest BCUT2D eigenvalue weighted by molar-refractivity contribution is -0.123. The summed E-state index contributed by atoms with van der Waals surface area (Å²) in [5, 5.41) is 8.15. The molecule has 0 atom stereocenters. The molecule has 0 saturated heterocycles. The molecule has 0 bridgehead atoms. The molecule has 4 nitrogen and oxygen atoms in total. The predicted molar refractivity (Wildman–Crippen MR) is 77.0 cm³/mol. The number of amides is 1. The summed E-state index contributed by atoms with van der Waals surface area (Å²) in [5.74, 6) is 0.132. The minimum absolute atomic E-state index is 0.134. The summed E-state index contributed by atoms with van der Waals surface area (Å²) in [6, 6.07) is 8.88. The van der Waals surface area contributed by atoms with E-state index in [1.54, 1.807) is 41.8 Å². The fraction of sp³-hybridized carbons (Fsp3) is 0.0769. The summed E-state index contributed by atoms with van der Waals surface area (Å²) in [6.07, 6.45) is 1.57. The zero-order valence-corrected chi connectivity index (χ0v) is 11.4. The van der Waals surface area contributed by atoms with E-state index in [0.717, 1.165) is 5.56 Å². The minimum atomic E-state index is -0.341. The van der Waals surface area contributed by atoms with Crippen LogP contribution in [-0.4, -0.2) is 18.7 Å². The summed E-state index contributed by atoms with van der Waals surface area (Å²) < 4.78 is 5.27. The summed E-state index contributed by atoms with van der Waals surface area (Å²) in [5.41, 5.74) is 3.32. The maximum atomic E-state index is 11.5. The second-order valence-electron chi connectivity index (χ2n) is 3.57. The van der Waals surface area contributed by atoms with Crippen molar-refractivity contribution in [2.24, 2.45) is 5.10 Å². The number of nitrogens with zero attached hydrogens (tertiary/aromatic N) is 1. The summed E-state index contributed by atoms with van der Waals surface area (Å²) >= 11 is 7.46. The molecule has 0 saturated carbocycles. The van der Waals surface area contributed by atoms with E-state index in [-0.39, 0.29) is 12.5 Å². The molecule has 98 valence electrons. The molecule has 0 spiro atoms. The third kappa shape index (κ3) is 4.39. The lowest BCUT2D eigenvalue weighted by Gasteiger charge is -2.06. The summed E-state index contributed by atoms with van der Waals surface area (Å²) in [7, 11) is 0. The lowest BCUT2D eigenvalue weighted by Crippen LogP contribution is -2.24. The number of halogens is 1. The van der Waals surface area contributed by atoms with Crippen molar-refractivity contribution >= 4 is 35.1 Å². The van der Waals surface area contributed by atoms with Crippen molar-refractivity contribution in [3.63, 3.8) is 0 Å². The van der Waals surface area contributed by atoms with E-state index in [1.807, 2.05) is 16.8 Å². The van der Waals surface area contributed by atoms with Crippen molar-refractivity contribution in [1.29, 1.82) is 0 Å². The number of hydrazone groups is 1. The van der Waals surface area contributed by atoms with Gasteiger partial charge in [0.2, 0.25) is 0 Å². The molecule has 0 aliphatic heterocycles. The molecule has 0 unspecified atom stereocenters. The zero-order chi connectivity index (χ0) is 13.5. The van der Waals surface area contributed by atoms with Gasteiger partial charge in [0.1, 0.15) is 5.75 Å². The van der Waals surface area contributed by atoms with Gasteiger partial charge in [0.05, 0.1) is 11.2 Å². The number of carbonyl (C=O) groups is 1. The van der Waals surface area contributed by atoms with Gasteiger partial charge in [-0.3, -0.25) is 4.79 Å². The zero-order valence-electron chi connectivity index (χ0n) is 9.88. The van der Waals surface area contributed by atoms with Crippen LogP contribution in [0.1, 0.15) is 5.56 Å². The lowest BCUT2D eigenvalue weighted by atomic mass is 10.3. The quantitative estimate of drug-likeness (QED) is 0.681. The van der Waals surface area contributed by atoms with E-state index >= 15 is 0 Å². The first-order valence-corrected chi connectivity index (χ1v) is 6.79. The van der Waals surface area contributed by atoms with E-state index in [1.165, 1.54) is 0 Å². The third-order valence-corrected chi connectivity index (χ3v) is 3.16. The van der Waals surface area contributed by atoms with Crippen LogP contribution in [0.2, 0.25) is 5.02 Å². The highest BCUT2D eigenvalue weighted by Crippen LogP contribution is 2.22. The number of rotatable bonds is 5. The summed E-state index contributed by atoms with van der Waals surface area (Å²) in [6.45, 7) is -0.134. The van der Waals surface area contributed by atoms with Crippen LogP contribution in [0.5, 0.6) is 5.75 Å². The Balaban J connectivity index is 1.78. The smallest absolute Gasteiger partial charge is 0.277 e. The molecule has 1 aromatic heterocycles. The maximum Gasteiger partial charge on any atom is 0.277 e. The topological polar surface area (TPSA) is 50.7 Å². The molecule has 0 fully saturated rings. The Morgan fingerprint density at radius 2 is 2.26 bits per heavy atom. The van der Waals surface area contributed by atoms with Gasteiger partial charge in [-0.25, -0.2) is 5.43 Å². The van der Waals surface area contributed by atoms with Crippen LogP contribution >= 0.6 is 22.9 Å². The fourth-order valence-corrected chi connectivity index (χ4v) is 2.07. The van der Waals surface area contributed by atoms with Crippen molar-refractivity contribution in [1.82, 2.24) is 5.43 Å². The average Bonchev–Trinajstić information content (AvgIpc) is 2.91. The van der Waals surface area contributed by atoms with E-state index in [9.17, 15) is 4.79 Å². The van der Waals surface area contributed by atoms with Gasteiger partial charge in [-0.15, -0.1) is 0 Å². The number of ether oxygens (including phenoxy) is 1. The highest BCUT2D eigenvalue weighted by atomic mass is 35.5. The molecule has 0 aliphatic carbocycles. The number of thiophene rings is 1. The molecule has 2 aromatic rings. The minimum Gasteiger partial charge on any atom is -0.482 e. The largest absolute Gasteiger partial charge is 0.482 e. The fourth-order valence-electron chi connectivity index (χ4n) is 1.26. The van der Waals surface area contributed by atoms with Gasteiger partial charge >= 0.3 is 0 Å². The number of carbonyl (C=O) groups excluding carboxylic acids is 1. The van der Waals surface area contributed by atoms with Gasteiger partial charge in [-0.2, -0.15) is 16.4 Å². The highest BCUT2D eigenvalue weighted by molar-refractivity contribution is 7.08. The van der Waals surface area contributed by atoms with Crippen molar-refractivity contribution in [2.45, 2.75) is 0 Å². The van der Waals surface area contributed by atoms with Gasteiger partial charge in [0.15, 0.2) is 6.61 Å². The Bertz CT molecular complexity index is 570. The molecular weight excluding hydrogens is 284 g/mol. The van der Waals surface area contributed by atoms with Gasteiger partial charge in [-0.05, 0) is 29.0 Å². The average molecular weight is 295 g/mol. The van der Waals surface area contributed by atoms with Gasteiger partial charge in [-0.1, -0.05) is 23.7 Å². The normalized spacial score (nSPS) is 10.6. The van der Waals surface area contributed by atoms with Crippen LogP contribution in [0.25, 0.3) is 0 Å². The summed E-state index contributed by atoms with van der Waals surface area (Å²) in [4.78, 5) is 11.5. The second-order valence-corrected chi connectivity index (χ2v) is 4.76. The monoisotopic (exact) mass is 294 g/mol. The van der Waals surface area contributed by atoms with E-state index in [4.69, 9.17) is 16.3 Å². The van der Waals surface area contributed by atoms with Crippen LogP contribution in [0.15, 0.2) is 46.2 Å². The van der Waals surface area contributed by atoms with Crippen molar-refractivity contribution in [3.8, 4) is 5.75 Å². The van der Waals surface area contributed by atoms with E-state index < -0.39 is 0 Å². The molecule has 0 radical (unpaired) electrons. The van der Waals surface area contributed by atoms with Crippen molar-refractivity contribution < 1.29 is 9.53 Å². The SMILES string of the molecule is O=C(COc1ccccc1Cl)N/N=C/c1ccsc1. The number of hydrogen-bond acceptors (Lipinski definition) is 4. The van der Waals surface area contributed by atoms with Gasteiger partial charge in [0, 0.05) is 5.56 Å². The third-order valence-electron chi connectivity index (χ3n) is 2.14. The van der Waals surface area contributed by atoms with Crippen molar-refractivity contribution in [2.75, 3.05) is 6.61 Å². The van der Waals surface area contributed by atoms with Crippen molar-refractivity contribution in [3.05, 3.63) is 51.7 Å². The number of para-hydroxylation sites is 1. The maximum absolute atomic E-state index is 11.5. The van der Waals surface area contributed by atoms with Gasteiger partial charge in [0.25, 0.3) is 5.91 Å². The first-order valence-electron chi connectivity index (χ1n) is 5.47. The Hall–Kier alpha value is -1.85. The number of hydrogen-bond donors (Lipinski definition) is 1. The first-order chi connectivity index (χ1) is 9.25. The van der Waals surface area contributed by atoms with Crippen LogP contribution in [0.4, 0.5) is 0 Å². The number of nitrogens with one attached hydrogen (secondary N) is 1. The first kappa shape index (κ1) is 13.6. The molecule has 2 rings (SSSR count). The predicted octanol–water partition coefficient (Wildman–Crippen LogP) is 2.93. The van der Waals surface area contributed by atoms with Crippen LogP contribution in [-0.2, 0) is 4.79 Å². The molecule has 0 aliphatic rings. The number of benzene rings is 1. The Kier molecular flexibility index (Phi) is 4.94. The Morgan fingerprint density at radius 3 is 3.00 bits per heavy atom. The molecule has 1 amide bonds. The molecule has 1 heterocycles.